The number of rotatable bonds is 3. The van der Waals surface area contributed by atoms with Crippen molar-refractivity contribution in [2.45, 2.75) is 32.0 Å². The molecule has 16 heavy (non-hydrogen) atoms. The zero-order valence-electron chi connectivity index (χ0n) is 9.63. The van der Waals surface area contributed by atoms with Gasteiger partial charge in [0.25, 0.3) is 0 Å². The zero-order valence-corrected chi connectivity index (χ0v) is 11.8. The normalized spacial score (nSPS) is 25.6. The lowest BCUT2D eigenvalue weighted by Gasteiger charge is -2.34. The highest BCUT2D eigenvalue weighted by molar-refractivity contribution is 14.1. The first kappa shape index (κ1) is 12.3. The average molecular weight is 331 g/mol. The van der Waals surface area contributed by atoms with Crippen LogP contribution in [-0.2, 0) is 11.3 Å². The fraction of sp³-hybridized carbons (Fsp3) is 0.538. The van der Waals surface area contributed by atoms with E-state index in [1.807, 2.05) is 0 Å². The Bertz CT molecular complexity index is 330. The standard InChI is InChI=1S/C13H18INO/c1-13(7-2-8-15-10-13)16-9-11-3-5-12(14)6-4-11/h3-6,15H,2,7-10H2,1H3. The Balaban J connectivity index is 1.88. The zero-order chi connectivity index (χ0) is 11.4. The number of piperidine rings is 1. The molecule has 1 N–H and O–H groups in total. The minimum atomic E-state index is 0.0151. The van der Waals surface area contributed by atoms with Crippen LogP contribution < -0.4 is 5.32 Å². The van der Waals surface area contributed by atoms with E-state index in [0.29, 0.717) is 0 Å². The third kappa shape index (κ3) is 3.43. The van der Waals surface area contributed by atoms with Gasteiger partial charge in [0.15, 0.2) is 0 Å². The minimum Gasteiger partial charge on any atom is -0.369 e. The fourth-order valence-electron chi connectivity index (χ4n) is 1.99. The predicted molar refractivity (Wildman–Crippen MR) is 74.5 cm³/mol. The number of ether oxygens (including phenoxy) is 1. The highest BCUT2D eigenvalue weighted by Gasteiger charge is 2.27. The van der Waals surface area contributed by atoms with Crippen molar-refractivity contribution in [1.29, 1.82) is 0 Å². The van der Waals surface area contributed by atoms with Crippen LogP contribution >= 0.6 is 22.6 Å². The molecular weight excluding hydrogens is 313 g/mol. The molecule has 0 aliphatic carbocycles. The molecule has 1 aliphatic heterocycles. The van der Waals surface area contributed by atoms with Crippen LogP contribution in [0.1, 0.15) is 25.3 Å². The van der Waals surface area contributed by atoms with Gasteiger partial charge in [-0.15, -0.1) is 0 Å². The van der Waals surface area contributed by atoms with Crippen LogP contribution in [0.2, 0.25) is 0 Å². The molecule has 1 aliphatic rings. The SMILES string of the molecule is CC1(OCc2ccc(I)cc2)CCCNC1. The van der Waals surface area contributed by atoms with Gasteiger partial charge in [0.05, 0.1) is 12.2 Å². The van der Waals surface area contributed by atoms with E-state index in [1.54, 1.807) is 0 Å². The lowest BCUT2D eigenvalue weighted by molar-refractivity contribution is -0.0571. The summed E-state index contributed by atoms with van der Waals surface area (Å²) in [5.74, 6) is 0. The Morgan fingerprint density at radius 1 is 1.38 bits per heavy atom. The van der Waals surface area contributed by atoms with Gasteiger partial charge in [0.1, 0.15) is 0 Å². The Kier molecular flexibility index (Phi) is 4.21. The molecule has 88 valence electrons. The Morgan fingerprint density at radius 2 is 2.12 bits per heavy atom. The largest absolute Gasteiger partial charge is 0.369 e. The fourth-order valence-corrected chi connectivity index (χ4v) is 2.35. The van der Waals surface area contributed by atoms with Crippen LogP contribution in [0.3, 0.4) is 0 Å². The third-order valence-corrected chi connectivity index (χ3v) is 3.78. The van der Waals surface area contributed by atoms with Crippen molar-refractivity contribution in [2.24, 2.45) is 0 Å². The van der Waals surface area contributed by atoms with E-state index in [-0.39, 0.29) is 5.60 Å². The first-order valence-electron chi connectivity index (χ1n) is 5.77. The van der Waals surface area contributed by atoms with Crippen LogP contribution in [0, 0.1) is 3.57 Å². The van der Waals surface area contributed by atoms with E-state index in [2.05, 4.69) is 59.1 Å². The molecule has 1 atom stereocenters. The van der Waals surface area contributed by atoms with E-state index in [4.69, 9.17) is 4.74 Å². The molecule has 1 saturated heterocycles. The highest BCUT2D eigenvalue weighted by Crippen LogP contribution is 2.21. The smallest absolute Gasteiger partial charge is 0.0783 e. The van der Waals surface area contributed by atoms with Gasteiger partial charge in [-0.1, -0.05) is 12.1 Å². The van der Waals surface area contributed by atoms with Crippen LogP contribution in [0.4, 0.5) is 0 Å². The van der Waals surface area contributed by atoms with Crippen molar-refractivity contribution in [3.05, 3.63) is 33.4 Å². The van der Waals surface area contributed by atoms with Gasteiger partial charge in [-0.05, 0) is 66.6 Å². The summed E-state index contributed by atoms with van der Waals surface area (Å²) in [4.78, 5) is 0. The first-order chi connectivity index (χ1) is 7.68. The van der Waals surface area contributed by atoms with Gasteiger partial charge in [-0.25, -0.2) is 0 Å². The third-order valence-electron chi connectivity index (χ3n) is 3.06. The quantitative estimate of drug-likeness (QED) is 0.860. The molecule has 0 amide bonds. The molecule has 1 unspecified atom stereocenters. The van der Waals surface area contributed by atoms with Crippen molar-refractivity contribution >= 4 is 22.6 Å². The summed E-state index contributed by atoms with van der Waals surface area (Å²) in [6, 6.07) is 8.53. The second kappa shape index (κ2) is 5.47. The van der Waals surface area contributed by atoms with Gasteiger partial charge in [0.2, 0.25) is 0 Å². The molecule has 2 nitrogen and oxygen atoms in total. The van der Waals surface area contributed by atoms with E-state index in [1.165, 1.54) is 15.6 Å². The monoisotopic (exact) mass is 331 g/mol. The second-order valence-corrected chi connectivity index (χ2v) is 5.89. The number of benzene rings is 1. The molecule has 3 heteroatoms. The highest BCUT2D eigenvalue weighted by atomic mass is 127. The van der Waals surface area contributed by atoms with Gasteiger partial charge in [-0.3, -0.25) is 0 Å². The molecule has 0 aromatic heterocycles. The van der Waals surface area contributed by atoms with E-state index in [0.717, 1.165) is 26.1 Å². The first-order valence-corrected chi connectivity index (χ1v) is 6.85. The Hall–Kier alpha value is -0.130. The molecule has 0 spiro atoms. The maximum Gasteiger partial charge on any atom is 0.0783 e. The summed E-state index contributed by atoms with van der Waals surface area (Å²) in [5, 5.41) is 3.39. The number of halogens is 1. The molecular formula is C13H18INO. The topological polar surface area (TPSA) is 21.3 Å². The Morgan fingerprint density at radius 3 is 2.75 bits per heavy atom. The van der Waals surface area contributed by atoms with Gasteiger partial charge in [0, 0.05) is 10.1 Å². The molecule has 2 rings (SSSR count). The van der Waals surface area contributed by atoms with E-state index in [9.17, 15) is 0 Å². The van der Waals surface area contributed by atoms with E-state index < -0.39 is 0 Å². The predicted octanol–water partition coefficient (Wildman–Crippen LogP) is 2.95. The minimum absolute atomic E-state index is 0.0151. The summed E-state index contributed by atoms with van der Waals surface area (Å²) >= 11 is 2.32. The van der Waals surface area contributed by atoms with Crippen molar-refractivity contribution < 1.29 is 4.74 Å². The molecule has 1 aromatic rings. The van der Waals surface area contributed by atoms with Crippen LogP contribution in [0.5, 0.6) is 0 Å². The van der Waals surface area contributed by atoms with Crippen LogP contribution in [0.25, 0.3) is 0 Å². The maximum absolute atomic E-state index is 6.03. The summed E-state index contributed by atoms with van der Waals surface area (Å²) in [6.07, 6.45) is 2.37. The summed E-state index contributed by atoms with van der Waals surface area (Å²) in [5.41, 5.74) is 1.27. The van der Waals surface area contributed by atoms with Gasteiger partial charge in [-0.2, -0.15) is 0 Å². The van der Waals surface area contributed by atoms with Gasteiger partial charge >= 0.3 is 0 Å². The average Bonchev–Trinajstić information content (AvgIpc) is 2.29. The molecule has 1 aromatic carbocycles. The van der Waals surface area contributed by atoms with Crippen LogP contribution in [-0.4, -0.2) is 18.7 Å². The Labute approximate surface area is 111 Å². The lowest BCUT2D eigenvalue weighted by Crippen LogP contribution is -2.45. The maximum atomic E-state index is 6.03. The molecule has 1 fully saturated rings. The van der Waals surface area contributed by atoms with Crippen molar-refractivity contribution in [3.63, 3.8) is 0 Å². The summed E-state index contributed by atoms with van der Waals surface area (Å²) in [7, 11) is 0. The molecule has 0 saturated carbocycles. The lowest BCUT2D eigenvalue weighted by atomic mass is 9.96. The number of hydrogen-bond acceptors (Lipinski definition) is 2. The molecule has 0 bridgehead atoms. The van der Waals surface area contributed by atoms with Crippen LogP contribution in [0.15, 0.2) is 24.3 Å². The van der Waals surface area contributed by atoms with Crippen molar-refractivity contribution in [1.82, 2.24) is 5.32 Å². The summed E-state index contributed by atoms with van der Waals surface area (Å²) in [6.45, 7) is 5.01. The molecule has 1 heterocycles. The summed E-state index contributed by atoms with van der Waals surface area (Å²) < 4.78 is 7.30. The van der Waals surface area contributed by atoms with Gasteiger partial charge < -0.3 is 10.1 Å². The van der Waals surface area contributed by atoms with Crippen molar-refractivity contribution in [3.8, 4) is 0 Å². The molecule has 0 radical (unpaired) electrons. The number of hydrogen-bond donors (Lipinski definition) is 1. The number of nitrogens with one attached hydrogen (secondary N) is 1. The van der Waals surface area contributed by atoms with Crippen molar-refractivity contribution in [2.75, 3.05) is 13.1 Å². The second-order valence-electron chi connectivity index (χ2n) is 4.65. The van der Waals surface area contributed by atoms with E-state index >= 15 is 0 Å².